The molecule has 11 heteroatoms. The normalized spacial score (nSPS) is 18.1. The maximum absolute atomic E-state index is 13.2. The van der Waals surface area contributed by atoms with Crippen LogP contribution in [0.4, 0.5) is 20.2 Å². The Morgan fingerprint density at radius 2 is 2.03 bits per heavy atom. The van der Waals surface area contributed by atoms with E-state index in [1.54, 1.807) is 4.90 Å². The molecule has 0 aromatic heterocycles. The lowest BCUT2D eigenvalue weighted by Crippen LogP contribution is -2.59. The number of benzene rings is 1. The summed E-state index contributed by atoms with van der Waals surface area (Å²) < 4.78 is 36.0. The predicted octanol–water partition coefficient (Wildman–Crippen LogP) is 2.34. The zero-order chi connectivity index (χ0) is 25.0. The van der Waals surface area contributed by atoms with Gasteiger partial charge in [0.25, 0.3) is 11.8 Å². The Hall–Kier alpha value is -2.79. The summed E-state index contributed by atoms with van der Waals surface area (Å²) in [7, 11) is 0. The number of primary amides is 1. The average Bonchev–Trinajstić information content (AvgIpc) is 2.66. The van der Waals surface area contributed by atoms with Crippen LogP contribution in [0, 0.1) is 5.41 Å². The van der Waals surface area contributed by atoms with Crippen molar-refractivity contribution in [2.75, 3.05) is 36.5 Å². The lowest BCUT2D eigenvalue weighted by molar-refractivity contribution is -0.135. The first-order valence-electron chi connectivity index (χ1n) is 11.3. The van der Waals surface area contributed by atoms with Crippen molar-refractivity contribution < 1.29 is 32.6 Å². The second kappa shape index (κ2) is 10.6. The van der Waals surface area contributed by atoms with Crippen LogP contribution in [0.25, 0.3) is 0 Å². The van der Waals surface area contributed by atoms with Crippen molar-refractivity contribution in [3.8, 4) is 5.75 Å². The number of halogens is 2. The molecule has 1 atom stereocenters. The lowest BCUT2D eigenvalue weighted by Gasteiger charge is -2.43. The minimum atomic E-state index is -3.16. The number of amides is 3. The van der Waals surface area contributed by atoms with Crippen LogP contribution in [0.5, 0.6) is 5.75 Å². The number of morpholine rings is 1. The number of nitrogens with two attached hydrogens (primary N) is 1. The standard InChI is InChI=1S/C23H32F2N4O5/c1-23(2,3)13-29(14-5-4-6-14)19(20(26)31)21(32)27-16-8-7-15(11-17(16)34-22(24)25)28-9-10-33-12-18(28)30/h7-8,11,14,19,22H,4-6,9-10,12-13H2,1-3H3,(H2,26,31)(H,27,32)/t19-/m0/s1. The Balaban J connectivity index is 1.88. The van der Waals surface area contributed by atoms with Crippen molar-refractivity contribution >= 4 is 29.1 Å². The number of hydrogen-bond donors (Lipinski definition) is 2. The zero-order valence-corrected chi connectivity index (χ0v) is 19.7. The van der Waals surface area contributed by atoms with Crippen LogP contribution in [-0.4, -0.2) is 67.6 Å². The second-order valence-corrected chi connectivity index (χ2v) is 9.77. The lowest BCUT2D eigenvalue weighted by atomic mass is 9.86. The first-order valence-corrected chi connectivity index (χ1v) is 11.3. The van der Waals surface area contributed by atoms with Crippen LogP contribution in [0.15, 0.2) is 18.2 Å². The number of nitrogens with zero attached hydrogens (tertiary/aromatic N) is 2. The van der Waals surface area contributed by atoms with Crippen molar-refractivity contribution in [1.29, 1.82) is 0 Å². The number of carbonyl (C=O) groups is 3. The molecule has 3 N–H and O–H groups in total. The number of carbonyl (C=O) groups excluding carboxylic acids is 3. The van der Waals surface area contributed by atoms with E-state index in [1.807, 2.05) is 20.8 Å². The molecular weight excluding hydrogens is 450 g/mol. The number of alkyl halides is 2. The van der Waals surface area contributed by atoms with Gasteiger partial charge in [0.05, 0.1) is 12.3 Å². The summed E-state index contributed by atoms with van der Waals surface area (Å²) in [6, 6.07) is 2.89. The van der Waals surface area contributed by atoms with Gasteiger partial charge < -0.3 is 25.4 Å². The van der Waals surface area contributed by atoms with E-state index in [2.05, 4.69) is 10.1 Å². The van der Waals surface area contributed by atoms with Gasteiger partial charge in [-0.15, -0.1) is 0 Å². The molecule has 1 aliphatic heterocycles. The Kier molecular flexibility index (Phi) is 8.09. The summed E-state index contributed by atoms with van der Waals surface area (Å²) in [6.07, 6.45) is 2.68. The van der Waals surface area contributed by atoms with Gasteiger partial charge in [0.2, 0.25) is 5.91 Å². The number of anilines is 2. The Labute approximate surface area is 197 Å². The predicted molar refractivity (Wildman–Crippen MR) is 122 cm³/mol. The minimum Gasteiger partial charge on any atom is -0.433 e. The van der Waals surface area contributed by atoms with Gasteiger partial charge >= 0.3 is 6.61 Å². The van der Waals surface area contributed by atoms with Crippen molar-refractivity contribution in [1.82, 2.24) is 4.90 Å². The van der Waals surface area contributed by atoms with Crippen molar-refractivity contribution in [3.63, 3.8) is 0 Å². The van der Waals surface area contributed by atoms with Crippen LogP contribution in [-0.2, 0) is 19.1 Å². The van der Waals surface area contributed by atoms with E-state index in [0.29, 0.717) is 18.8 Å². The van der Waals surface area contributed by atoms with Gasteiger partial charge in [-0.1, -0.05) is 27.2 Å². The molecule has 2 fully saturated rings. The quantitative estimate of drug-likeness (QED) is 0.523. The van der Waals surface area contributed by atoms with Gasteiger partial charge in [-0.05, 0) is 30.4 Å². The van der Waals surface area contributed by atoms with Crippen LogP contribution in [0.2, 0.25) is 0 Å². The Morgan fingerprint density at radius 3 is 2.56 bits per heavy atom. The van der Waals surface area contributed by atoms with Gasteiger partial charge in [0.15, 0.2) is 11.8 Å². The summed E-state index contributed by atoms with van der Waals surface area (Å²) in [5.74, 6) is -2.19. The van der Waals surface area contributed by atoms with E-state index in [9.17, 15) is 23.2 Å². The molecule has 34 heavy (non-hydrogen) atoms. The molecule has 1 heterocycles. The number of rotatable bonds is 9. The Bertz CT molecular complexity index is 917. The van der Waals surface area contributed by atoms with Gasteiger partial charge in [0.1, 0.15) is 6.61 Å². The van der Waals surface area contributed by atoms with E-state index in [-0.39, 0.29) is 42.0 Å². The minimum absolute atomic E-state index is 0.0361. The van der Waals surface area contributed by atoms with Gasteiger partial charge in [-0.2, -0.15) is 8.78 Å². The third kappa shape index (κ3) is 6.41. The largest absolute Gasteiger partial charge is 0.433 e. The highest BCUT2D eigenvalue weighted by molar-refractivity contribution is 6.10. The smallest absolute Gasteiger partial charge is 0.387 e. The monoisotopic (exact) mass is 482 g/mol. The first-order chi connectivity index (χ1) is 16.0. The van der Waals surface area contributed by atoms with E-state index < -0.39 is 24.5 Å². The van der Waals surface area contributed by atoms with Gasteiger partial charge in [-0.25, -0.2) is 0 Å². The molecule has 0 spiro atoms. The summed E-state index contributed by atoms with van der Waals surface area (Å²) in [5, 5.41) is 2.54. The molecule has 1 aliphatic carbocycles. The molecule has 0 radical (unpaired) electrons. The first kappa shape index (κ1) is 25.8. The Morgan fingerprint density at radius 1 is 1.32 bits per heavy atom. The number of hydrogen-bond acceptors (Lipinski definition) is 6. The zero-order valence-electron chi connectivity index (χ0n) is 19.7. The van der Waals surface area contributed by atoms with E-state index >= 15 is 0 Å². The molecular formula is C23H32F2N4O5. The summed E-state index contributed by atoms with van der Waals surface area (Å²) in [5.41, 5.74) is 5.71. The molecule has 2 aliphatic rings. The van der Waals surface area contributed by atoms with E-state index in [1.165, 1.54) is 23.1 Å². The maximum atomic E-state index is 13.2. The fraction of sp³-hybridized carbons (Fsp3) is 0.609. The van der Waals surface area contributed by atoms with Gasteiger partial charge in [0, 0.05) is 30.9 Å². The highest BCUT2D eigenvalue weighted by Gasteiger charge is 2.40. The number of nitrogens with one attached hydrogen (secondary N) is 1. The van der Waals surface area contributed by atoms with Crippen molar-refractivity contribution in [2.45, 2.75) is 58.7 Å². The topological polar surface area (TPSA) is 114 Å². The van der Waals surface area contributed by atoms with Gasteiger partial charge in [-0.3, -0.25) is 19.3 Å². The number of ether oxygens (including phenoxy) is 2. The van der Waals surface area contributed by atoms with Crippen LogP contribution >= 0.6 is 0 Å². The highest BCUT2D eigenvalue weighted by atomic mass is 19.3. The molecule has 0 bridgehead atoms. The SMILES string of the molecule is CC(C)(C)CN(C1CCC1)[C@@H](C(N)=O)C(=O)Nc1ccc(N2CCOCC2=O)cc1OC(F)F. The molecule has 188 valence electrons. The van der Waals surface area contributed by atoms with Crippen molar-refractivity contribution in [2.24, 2.45) is 11.1 Å². The summed E-state index contributed by atoms with van der Waals surface area (Å²) in [6.45, 7) is 3.72. The third-order valence-corrected chi connectivity index (χ3v) is 5.79. The molecule has 0 unspecified atom stereocenters. The molecule has 1 aromatic rings. The van der Waals surface area contributed by atoms with Crippen LogP contribution < -0.4 is 20.7 Å². The molecule has 3 amide bonds. The second-order valence-electron chi connectivity index (χ2n) is 9.77. The molecule has 9 nitrogen and oxygen atoms in total. The molecule has 3 rings (SSSR count). The molecule has 1 aromatic carbocycles. The summed E-state index contributed by atoms with van der Waals surface area (Å²) >= 11 is 0. The molecule has 1 saturated heterocycles. The average molecular weight is 483 g/mol. The highest BCUT2D eigenvalue weighted by Crippen LogP contribution is 2.34. The maximum Gasteiger partial charge on any atom is 0.387 e. The summed E-state index contributed by atoms with van der Waals surface area (Å²) in [4.78, 5) is 40.9. The van der Waals surface area contributed by atoms with Crippen LogP contribution in [0.3, 0.4) is 0 Å². The fourth-order valence-electron chi connectivity index (χ4n) is 4.11. The fourth-order valence-corrected chi connectivity index (χ4v) is 4.11. The van der Waals surface area contributed by atoms with Crippen LogP contribution in [0.1, 0.15) is 40.0 Å². The van der Waals surface area contributed by atoms with E-state index in [4.69, 9.17) is 10.5 Å². The van der Waals surface area contributed by atoms with E-state index in [0.717, 1.165) is 19.3 Å². The van der Waals surface area contributed by atoms with Crippen molar-refractivity contribution in [3.05, 3.63) is 18.2 Å². The molecule has 1 saturated carbocycles. The third-order valence-electron chi connectivity index (χ3n) is 5.79.